The molecule has 1 N–H and O–H groups in total. The molecule has 0 aliphatic carbocycles. The summed E-state index contributed by atoms with van der Waals surface area (Å²) >= 11 is 8.00. The molecular weight excluding hydrogens is 456 g/mol. The van der Waals surface area contributed by atoms with Crippen LogP contribution in [0.1, 0.15) is 33.8 Å². The molecule has 0 saturated carbocycles. The van der Waals surface area contributed by atoms with Gasteiger partial charge in [-0.3, -0.25) is 9.59 Å². The lowest BCUT2D eigenvalue weighted by Gasteiger charge is -2.28. The number of amides is 2. The van der Waals surface area contributed by atoms with Crippen LogP contribution in [0, 0.1) is 0 Å². The number of ether oxygens (including phenoxy) is 1. The second-order valence-electron chi connectivity index (χ2n) is 8.11. The van der Waals surface area contributed by atoms with Crippen LogP contribution in [0.3, 0.4) is 0 Å². The first-order chi connectivity index (χ1) is 16.1. The third kappa shape index (κ3) is 4.78. The van der Waals surface area contributed by atoms with Crippen LogP contribution in [0.15, 0.2) is 76.5 Å². The van der Waals surface area contributed by atoms with Crippen molar-refractivity contribution in [1.29, 1.82) is 0 Å². The SMILES string of the molecule is O=C(CC1c2ccccc2Sc2ccc(Cl)cc21)Nc1cccc(C(=O)N2CCOCC2)c1. The molecule has 0 bridgehead atoms. The molecule has 5 nitrogen and oxygen atoms in total. The highest BCUT2D eigenvalue weighted by Crippen LogP contribution is 2.47. The van der Waals surface area contributed by atoms with Gasteiger partial charge in [-0.15, -0.1) is 0 Å². The quantitative estimate of drug-likeness (QED) is 0.542. The lowest BCUT2D eigenvalue weighted by molar-refractivity contribution is -0.116. The monoisotopic (exact) mass is 478 g/mol. The van der Waals surface area contributed by atoms with Crippen molar-refractivity contribution in [2.24, 2.45) is 0 Å². The van der Waals surface area contributed by atoms with Crippen molar-refractivity contribution < 1.29 is 14.3 Å². The van der Waals surface area contributed by atoms with Crippen LogP contribution in [0.4, 0.5) is 5.69 Å². The van der Waals surface area contributed by atoms with Gasteiger partial charge in [0.15, 0.2) is 0 Å². The third-order valence-corrected chi connectivity index (χ3v) is 7.36. The smallest absolute Gasteiger partial charge is 0.254 e. The Balaban J connectivity index is 1.35. The molecule has 2 aliphatic heterocycles. The first-order valence-corrected chi connectivity index (χ1v) is 12.1. The molecule has 33 heavy (non-hydrogen) atoms. The number of carbonyl (C=O) groups excluding carboxylic acids is 2. The minimum Gasteiger partial charge on any atom is -0.378 e. The number of anilines is 1. The molecule has 1 saturated heterocycles. The molecule has 2 heterocycles. The summed E-state index contributed by atoms with van der Waals surface area (Å²) in [5.74, 6) is -0.242. The first kappa shape index (κ1) is 22.0. The summed E-state index contributed by atoms with van der Waals surface area (Å²) in [6.07, 6.45) is 0.284. The maximum atomic E-state index is 13.1. The molecule has 0 aromatic heterocycles. The standard InChI is InChI=1S/C26H23ClN2O3S/c27-18-8-9-24-22(15-18)21(20-6-1-2-7-23(20)33-24)16-25(30)28-19-5-3-4-17(14-19)26(31)29-10-12-32-13-11-29/h1-9,14-15,21H,10-13,16H2,(H,28,30). The normalized spacial score (nSPS) is 17.1. The number of nitrogens with one attached hydrogen (secondary N) is 1. The van der Waals surface area contributed by atoms with Gasteiger partial charge in [-0.25, -0.2) is 0 Å². The predicted octanol–water partition coefficient (Wildman–Crippen LogP) is 5.44. The fourth-order valence-corrected chi connectivity index (χ4v) is 5.68. The first-order valence-electron chi connectivity index (χ1n) is 10.9. The van der Waals surface area contributed by atoms with Crippen LogP contribution in [-0.2, 0) is 9.53 Å². The Kier molecular flexibility index (Phi) is 6.40. The van der Waals surface area contributed by atoms with Crippen molar-refractivity contribution in [2.45, 2.75) is 22.1 Å². The summed E-state index contributed by atoms with van der Waals surface area (Å²) in [7, 11) is 0. The summed E-state index contributed by atoms with van der Waals surface area (Å²) < 4.78 is 5.33. The summed E-state index contributed by atoms with van der Waals surface area (Å²) in [5.41, 5.74) is 3.37. The lowest BCUT2D eigenvalue weighted by atomic mass is 9.87. The lowest BCUT2D eigenvalue weighted by Crippen LogP contribution is -2.40. The molecule has 5 rings (SSSR count). The minimum absolute atomic E-state index is 0.0452. The zero-order valence-corrected chi connectivity index (χ0v) is 19.5. The molecular formula is C26H23ClN2O3S. The Bertz CT molecular complexity index is 1210. The molecule has 2 amide bonds. The number of rotatable bonds is 4. The Morgan fingerprint density at radius 3 is 2.61 bits per heavy atom. The van der Waals surface area contributed by atoms with E-state index >= 15 is 0 Å². The number of benzene rings is 3. The van der Waals surface area contributed by atoms with Gasteiger partial charge in [-0.2, -0.15) is 0 Å². The molecule has 2 aliphatic rings. The van der Waals surface area contributed by atoms with Crippen molar-refractivity contribution in [3.63, 3.8) is 0 Å². The van der Waals surface area contributed by atoms with Crippen LogP contribution >= 0.6 is 23.4 Å². The summed E-state index contributed by atoms with van der Waals surface area (Å²) in [5, 5.41) is 3.65. The number of nitrogens with zero attached hydrogens (tertiary/aromatic N) is 1. The van der Waals surface area contributed by atoms with Crippen molar-refractivity contribution in [1.82, 2.24) is 4.90 Å². The molecule has 168 valence electrons. The van der Waals surface area contributed by atoms with Crippen LogP contribution < -0.4 is 5.32 Å². The fourth-order valence-electron chi connectivity index (χ4n) is 4.33. The van der Waals surface area contributed by atoms with E-state index in [4.69, 9.17) is 16.3 Å². The second-order valence-corrected chi connectivity index (χ2v) is 9.63. The van der Waals surface area contributed by atoms with Crippen molar-refractivity contribution in [2.75, 3.05) is 31.6 Å². The van der Waals surface area contributed by atoms with Gasteiger partial charge in [0, 0.05) is 51.5 Å². The van der Waals surface area contributed by atoms with E-state index in [2.05, 4.69) is 17.4 Å². The van der Waals surface area contributed by atoms with E-state index in [1.165, 1.54) is 0 Å². The van der Waals surface area contributed by atoms with Gasteiger partial charge < -0.3 is 15.0 Å². The Labute approximate surface area is 202 Å². The summed E-state index contributed by atoms with van der Waals surface area (Å²) in [6.45, 7) is 2.26. The maximum Gasteiger partial charge on any atom is 0.254 e. The number of hydrogen-bond acceptors (Lipinski definition) is 4. The van der Waals surface area contributed by atoms with E-state index in [9.17, 15) is 9.59 Å². The number of morpholine rings is 1. The van der Waals surface area contributed by atoms with Gasteiger partial charge in [-0.05, 0) is 53.6 Å². The molecule has 7 heteroatoms. The van der Waals surface area contributed by atoms with Gasteiger partial charge in [0.05, 0.1) is 13.2 Å². The van der Waals surface area contributed by atoms with Crippen molar-refractivity contribution in [3.05, 3.63) is 88.4 Å². The molecule has 0 spiro atoms. The van der Waals surface area contributed by atoms with Crippen LogP contribution in [-0.4, -0.2) is 43.0 Å². The van der Waals surface area contributed by atoms with Crippen LogP contribution in [0.2, 0.25) is 5.02 Å². The average molecular weight is 479 g/mol. The number of fused-ring (bicyclic) bond motifs is 2. The minimum atomic E-state index is -0.108. The van der Waals surface area contributed by atoms with Crippen LogP contribution in [0.5, 0.6) is 0 Å². The number of halogens is 1. The Morgan fingerprint density at radius 1 is 0.970 bits per heavy atom. The van der Waals surface area contributed by atoms with E-state index in [-0.39, 0.29) is 24.2 Å². The van der Waals surface area contributed by atoms with E-state index < -0.39 is 0 Å². The van der Waals surface area contributed by atoms with Gasteiger partial charge in [0.1, 0.15) is 0 Å². The zero-order valence-electron chi connectivity index (χ0n) is 17.9. The summed E-state index contributed by atoms with van der Waals surface area (Å²) in [4.78, 5) is 30.0. The average Bonchev–Trinajstić information content (AvgIpc) is 2.84. The maximum absolute atomic E-state index is 13.1. The van der Waals surface area contributed by atoms with E-state index in [0.29, 0.717) is 42.6 Å². The number of hydrogen-bond donors (Lipinski definition) is 1. The van der Waals surface area contributed by atoms with Gasteiger partial charge in [0.2, 0.25) is 5.91 Å². The highest BCUT2D eigenvalue weighted by Gasteiger charge is 2.28. The molecule has 1 atom stereocenters. The number of carbonyl (C=O) groups is 2. The highest BCUT2D eigenvalue weighted by molar-refractivity contribution is 7.99. The van der Waals surface area contributed by atoms with Crippen molar-refractivity contribution in [3.8, 4) is 0 Å². The largest absolute Gasteiger partial charge is 0.378 e. The predicted molar refractivity (Wildman–Crippen MR) is 130 cm³/mol. The highest BCUT2D eigenvalue weighted by atomic mass is 35.5. The topological polar surface area (TPSA) is 58.6 Å². The fraction of sp³-hybridized carbons (Fsp3) is 0.231. The Morgan fingerprint density at radius 2 is 1.76 bits per heavy atom. The van der Waals surface area contributed by atoms with E-state index in [1.54, 1.807) is 34.9 Å². The second kappa shape index (κ2) is 9.59. The van der Waals surface area contributed by atoms with Gasteiger partial charge in [-0.1, -0.05) is 47.6 Å². The molecule has 0 radical (unpaired) electrons. The Hall–Kier alpha value is -2.80. The molecule has 3 aromatic rings. The van der Waals surface area contributed by atoms with Crippen LogP contribution in [0.25, 0.3) is 0 Å². The van der Waals surface area contributed by atoms with E-state index in [0.717, 1.165) is 20.9 Å². The van der Waals surface area contributed by atoms with Crippen molar-refractivity contribution >= 4 is 40.9 Å². The third-order valence-electron chi connectivity index (χ3n) is 5.94. The van der Waals surface area contributed by atoms with E-state index in [1.807, 2.05) is 36.4 Å². The molecule has 1 fully saturated rings. The zero-order chi connectivity index (χ0) is 22.8. The van der Waals surface area contributed by atoms with Gasteiger partial charge >= 0.3 is 0 Å². The molecule has 3 aromatic carbocycles. The summed E-state index contributed by atoms with van der Waals surface area (Å²) in [6, 6.07) is 21.2. The van der Waals surface area contributed by atoms with Gasteiger partial charge in [0.25, 0.3) is 5.91 Å². The molecule has 1 unspecified atom stereocenters.